The molecule has 2 saturated carbocycles. The number of nitrogens with zero attached hydrogens (tertiary/aromatic N) is 4. The number of nitrogens with one attached hydrogen (secondary N) is 1. The molecule has 0 radical (unpaired) electrons. The van der Waals surface area contributed by atoms with Gasteiger partial charge in [-0.15, -0.1) is 0 Å². The van der Waals surface area contributed by atoms with E-state index in [1.165, 1.54) is 5.56 Å². The number of benzene rings is 1. The lowest BCUT2D eigenvalue weighted by Gasteiger charge is -2.34. The van der Waals surface area contributed by atoms with Crippen LogP contribution in [0.25, 0.3) is 11.3 Å². The number of pyridine rings is 1. The van der Waals surface area contributed by atoms with Crippen LogP contribution in [0.1, 0.15) is 54.1 Å². The minimum Gasteiger partial charge on any atom is -0.381 e. The van der Waals surface area contributed by atoms with Crippen LogP contribution in [-0.4, -0.2) is 34.1 Å². The van der Waals surface area contributed by atoms with Gasteiger partial charge in [0.15, 0.2) is 0 Å². The lowest BCUT2D eigenvalue weighted by Crippen LogP contribution is -2.28. The Kier molecular flexibility index (Phi) is 5.84. The second-order valence-corrected chi connectivity index (χ2v) is 8.82. The minimum absolute atomic E-state index is 0.0148. The summed E-state index contributed by atoms with van der Waals surface area (Å²) in [6, 6.07) is 11.6. The largest absolute Gasteiger partial charge is 0.381 e. The van der Waals surface area contributed by atoms with E-state index in [1.807, 2.05) is 24.5 Å². The van der Waals surface area contributed by atoms with Crippen LogP contribution in [0, 0.1) is 17.2 Å². The van der Waals surface area contributed by atoms with E-state index in [4.69, 9.17) is 9.72 Å². The molecule has 2 heterocycles. The lowest BCUT2D eigenvalue weighted by atomic mass is 9.78. The first-order valence-electron chi connectivity index (χ1n) is 11.3. The predicted molar refractivity (Wildman–Crippen MR) is 123 cm³/mol. The van der Waals surface area contributed by atoms with Crippen molar-refractivity contribution in [2.75, 3.05) is 12.4 Å². The molecule has 2 fully saturated rings. The van der Waals surface area contributed by atoms with Gasteiger partial charge in [0.25, 0.3) is 0 Å². The van der Waals surface area contributed by atoms with Crippen molar-refractivity contribution in [2.45, 2.75) is 44.1 Å². The van der Waals surface area contributed by atoms with Crippen molar-refractivity contribution in [2.24, 2.45) is 5.92 Å². The number of rotatable bonds is 7. The topological polar surface area (TPSA) is 101 Å². The van der Waals surface area contributed by atoms with Crippen molar-refractivity contribution >= 4 is 11.6 Å². The molecular formula is C26H25N5O2. The van der Waals surface area contributed by atoms with Crippen molar-refractivity contribution in [1.29, 1.82) is 5.26 Å². The molecule has 1 aromatic carbocycles. The first-order valence-corrected chi connectivity index (χ1v) is 11.3. The Balaban J connectivity index is 1.32. The third-order valence-corrected chi connectivity index (χ3v) is 6.43. The average molecular weight is 440 g/mol. The molecule has 0 spiro atoms. The highest BCUT2D eigenvalue weighted by atomic mass is 16.5. The molecule has 2 aliphatic carbocycles. The summed E-state index contributed by atoms with van der Waals surface area (Å²) in [4.78, 5) is 25.7. The van der Waals surface area contributed by atoms with Gasteiger partial charge in [0.2, 0.25) is 5.91 Å². The fourth-order valence-corrected chi connectivity index (χ4v) is 4.17. The second-order valence-electron chi connectivity index (χ2n) is 8.82. The van der Waals surface area contributed by atoms with Gasteiger partial charge in [0, 0.05) is 43.6 Å². The number of ether oxygens (including phenoxy) is 1. The number of hydrogen-bond donors (Lipinski definition) is 1. The molecule has 7 nitrogen and oxygen atoms in total. The maximum atomic E-state index is 12.1. The van der Waals surface area contributed by atoms with Crippen LogP contribution in [0.5, 0.6) is 0 Å². The van der Waals surface area contributed by atoms with Crippen LogP contribution in [-0.2, 0) is 16.0 Å². The van der Waals surface area contributed by atoms with E-state index in [0.717, 1.165) is 42.5 Å². The molecule has 1 amide bonds. The zero-order chi connectivity index (χ0) is 22.8. The van der Waals surface area contributed by atoms with Gasteiger partial charge in [0.05, 0.1) is 23.0 Å². The van der Waals surface area contributed by atoms with Gasteiger partial charge in [-0.2, -0.15) is 5.26 Å². The summed E-state index contributed by atoms with van der Waals surface area (Å²) < 4.78 is 5.39. The fourth-order valence-electron chi connectivity index (χ4n) is 4.17. The zero-order valence-electron chi connectivity index (χ0n) is 18.5. The number of methoxy groups -OCH3 is 1. The molecule has 7 heteroatoms. The van der Waals surface area contributed by atoms with Gasteiger partial charge < -0.3 is 10.1 Å². The molecule has 2 aliphatic rings. The quantitative estimate of drug-likeness (QED) is 0.591. The molecule has 166 valence electrons. The Morgan fingerprint density at radius 3 is 2.82 bits per heavy atom. The summed E-state index contributed by atoms with van der Waals surface area (Å²) in [5.41, 5.74) is 4.82. The van der Waals surface area contributed by atoms with Crippen LogP contribution in [0.4, 0.5) is 5.69 Å². The van der Waals surface area contributed by atoms with Gasteiger partial charge in [-0.25, -0.2) is 9.97 Å². The molecule has 0 atom stereocenters. The third kappa shape index (κ3) is 4.76. The highest BCUT2D eigenvalue weighted by Gasteiger charge is 2.31. The third-order valence-electron chi connectivity index (χ3n) is 6.43. The Bertz CT molecular complexity index is 1230. The maximum absolute atomic E-state index is 12.1. The first kappa shape index (κ1) is 21.2. The zero-order valence-corrected chi connectivity index (χ0v) is 18.5. The standard InChI is InChI=1S/C26H25N5O2/c1-33-22-11-19(12-22)21-8-16(14-28-15-21)9-25-29-7-6-24(30-25)18-4-5-23(20(10-18)13-27)31-26(32)17-2-3-17/h4-8,10,14-15,17,19,22H,2-3,9,11-12H2,1H3,(H,31,32). The predicted octanol–water partition coefficient (Wildman–Crippen LogP) is 4.24. The fraction of sp³-hybridized carbons (Fsp3) is 0.346. The van der Waals surface area contributed by atoms with Crippen molar-refractivity contribution in [3.05, 3.63) is 71.4 Å². The molecule has 2 aromatic heterocycles. The second kappa shape index (κ2) is 9.08. The summed E-state index contributed by atoms with van der Waals surface area (Å²) in [5, 5.41) is 12.5. The average Bonchev–Trinajstić information content (AvgIpc) is 3.65. The summed E-state index contributed by atoms with van der Waals surface area (Å²) in [7, 11) is 1.76. The van der Waals surface area contributed by atoms with Crippen molar-refractivity contribution in [1.82, 2.24) is 15.0 Å². The van der Waals surface area contributed by atoms with Gasteiger partial charge in [-0.1, -0.05) is 12.1 Å². The van der Waals surface area contributed by atoms with Crippen molar-refractivity contribution < 1.29 is 9.53 Å². The molecular weight excluding hydrogens is 414 g/mol. The Morgan fingerprint density at radius 2 is 2.06 bits per heavy atom. The van der Waals surface area contributed by atoms with Crippen molar-refractivity contribution in [3.8, 4) is 17.3 Å². The van der Waals surface area contributed by atoms with Crippen LogP contribution < -0.4 is 5.32 Å². The van der Waals surface area contributed by atoms with Gasteiger partial charge in [-0.3, -0.25) is 9.78 Å². The van der Waals surface area contributed by atoms with Gasteiger partial charge >= 0.3 is 0 Å². The molecule has 0 saturated heterocycles. The number of hydrogen-bond acceptors (Lipinski definition) is 6. The molecule has 0 unspecified atom stereocenters. The monoisotopic (exact) mass is 439 g/mol. The van der Waals surface area contributed by atoms with Gasteiger partial charge in [0.1, 0.15) is 11.9 Å². The van der Waals surface area contributed by atoms with Crippen molar-refractivity contribution in [3.63, 3.8) is 0 Å². The van der Waals surface area contributed by atoms with E-state index in [9.17, 15) is 10.1 Å². The Hall–Kier alpha value is -3.63. The summed E-state index contributed by atoms with van der Waals surface area (Å²) in [6.45, 7) is 0. The maximum Gasteiger partial charge on any atom is 0.227 e. The van der Waals surface area contributed by atoms with Crippen LogP contribution in [0.2, 0.25) is 0 Å². The number of amides is 1. The number of carbonyl (C=O) groups is 1. The van der Waals surface area contributed by atoms with E-state index >= 15 is 0 Å². The smallest absolute Gasteiger partial charge is 0.227 e. The summed E-state index contributed by atoms with van der Waals surface area (Å²) in [5.74, 6) is 1.26. The SMILES string of the molecule is COC1CC(c2cncc(Cc3nccc(-c4ccc(NC(=O)C5CC5)c(C#N)c4)n3)c2)C1. The van der Waals surface area contributed by atoms with E-state index in [0.29, 0.717) is 35.5 Å². The van der Waals surface area contributed by atoms with E-state index in [-0.39, 0.29) is 11.8 Å². The molecule has 3 aromatic rings. The lowest BCUT2D eigenvalue weighted by molar-refractivity contribution is -0.117. The minimum atomic E-state index is -0.0148. The number of nitriles is 1. The number of aromatic nitrogens is 3. The number of anilines is 1. The molecule has 1 N–H and O–H groups in total. The van der Waals surface area contributed by atoms with E-state index in [2.05, 4.69) is 27.4 Å². The molecule has 0 bridgehead atoms. The van der Waals surface area contributed by atoms with Gasteiger partial charge in [-0.05, 0) is 60.9 Å². The summed E-state index contributed by atoms with van der Waals surface area (Å²) >= 11 is 0. The summed E-state index contributed by atoms with van der Waals surface area (Å²) in [6.07, 6.45) is 10.4. The van der Waals surface area contributed by atoms with Crippen LogP contribution in [0.15, 0.2) is 48.9 Å². The Labute approximate surface area is 192 Å². The molecule has 5 rings (SSSR count). The normalized spacial score (nSPS) is 19.4. The number of carbonyl (C=O) groups excluding carboxylic acids is 1. The highest BCUT2D eigenvalue weighted by Crippen LogP contribution is 2.38. The Morgan fingerprint density at radius 1 is 1.21 bits per heavy atom. The van der Waals surface area contributed by atoms with Crippen LogP contribution >= 0.6 is 0 Å². The van der Waals surface area contributed by atoms with E-state index < -0.39 is 0 Å². The molecule has 33 heavy (non-hydrogen) atoms. The highest BCUT2D eigenvalue weighted by molar-refractivity contribution is 5.95. The van der Waals surface area contributed by atoms with E-state index in [1.54, 1.807) is 25.4 Å². The first-order chi connectivity index (χ1) is 16.1. The van der Waals surface area contributed by atoms with Crippen LogP contribution in [0.3, 0.4) is 0 Å². The molecule has 0 aliphatic heterocycles.